The molecule has 0 aliphatic carbocycles. The van der Waals surface area contributed by atoms with Crippen LogP contribution in [0.15, 0.2) is 40.9 Å². The molecule has 0 radical (unpaired) electrons. The van der Waals surface area contributed by atoms with Crippen molar-refractivity contribution in [3.63, 3.8) is 0 Å². The summed E-state index contributed by atoms with van der Waals surface area (Å²) >= 11 is 5.34. The van der Waals surface area contributed by atoms with Crippen LogP contribution in [0.1, 0.15) is 17.2 Å². The third-order valence-corrected chi connectivity index (χ3v) is 4.24. The minimum absolute atomic E-state index is 0.282. The molecule has 2 N–H and O–H groups in total. The molecule has 1 unspecified atom stereocenters. The highest BCUT2D eigenvalue weighted by molar-refractivity contribution is 14.1. The average molecular weight is 438 g/mol. The van der Waals surface area contributed by atoms with Crippen LogP contribution >= 0.6 is 38.5 Å². The summed E-state index contributed by atoms with van der Waals surface area (Å²) < 4.78 is 28.3. The SMILES string of the molecule is NC(Cc1cc(Br)ccc1F)c1ccc(F)cc1I. The van der Waals surface area contributed by atoms with Gasteiger partial charge >= 0.3 is 0 Å². The van der Waals surface area contributed by atoms with Crippen molar-refractivity contribution in [2.45, 2.75) is 12.5 Å². The van der Waals surface area contributed by atoms with Gasteiger partial charge in [-0.3, -0.25) is 0 Å². The van der Waals surface area contributed by atoms with E-state index in [0.717, 1.165) is 13.6 Å². The van der Waals surface area contributed by atoms with Crippen LogP contribution in [-0.2, 0) is 6.42 Å². The largest absolute Gasteiger partial charge is 0.324 e. The van der Waals surface area contributed by atoms with Gasteiger partial charge in [0.15, 0.2) is 0 Å². The molecule has 19 heavy (non-hydrogen) atoms. The Labute approximate surface area is 132 Å². The maximum atomic E-state index is 13.7. The van der Waals surface area contributed by atoms with Crippen LogP contribution in [0.2, 0.25) is 0 Å². The van der Waals surface area contributed by atoms with Crippen LogP contribution in [0.4, 0.5) is 8.78 Å². The highest BCUT2D eigenvalue weighted by atomic mass is 127. The minimum Gasteiger partial charge on any atom is -0.324 e. The van der Waals surface area contributed by atoms with Crippen LogP contribution in [-0.4, -0.2) is 0 Å². The Morgan fingerprint density at radius 1 is 1.16 bits per heavy atom. The monoisotopic (exact) mass is 437 g/mol. The lowest BCUT2D eigenvalue weighted by molar-refractivity contribution is 0.590. The quantitative estimate of drug-likeness (QED) is 0.699. The van der Waals surface area contributed by atoms with E-state index in [1.54, 1.807) is 18.2 Å². The van der Waals surface area contributed by atoms with Gasteiger partial charge in [-0.25, -0.2) is 8.78 Å². The van der Waals surface area contributed by atoms with Crippen molar-refractivity contribution in [1.82, 2.24) is 0 Å². The summed E-state index contributed by atoms with van der Waals surface area (Å²) in [4.78, 5) is 0. The summed E-state index contributed by atoms with van der Waals surface area (Å²) in [6.07, 6.45) is 0.368. The number of benzene rings is 2. The topological polar surface area (TPSA) is 26.0 Å². The van der Waals surface area contributed by atoms with Crippen molar-refractivity contribution < 1.29 is 8.78 Å². The zero-order valence-corrected chi connectivity index (χ0v) is 13.6. The fourth-order valence-corrected chi connectivity index (χ4v) is 3.13. The maximum absolute atomic E-state index is 13.7. The van der Waals surface area contributed by atoms with Crippen molar-refractivity contribution in [2.24, 2.45) is 5.73 Å². The molecule has 2 aromatic rings. The molecule has 0 saturated heterocycles. The molecule has 0 heterocycles. The predicted octanol–water partition coefficient (Wildman–Crippen LogP) is 4.57. The first-order valence-electron chi connectivity index (χ1n) is 5.62. The molecule has 2 rings (SSSR count). The van der Waals surface area contributed by atoms with Gasteiger partial charge in [-0.2, -0.15) is 0 Å². The fraction of sp³-hybridized carbons (Fsp3) is 0.143. The molecule has 0 bridgehead atoms. The van der Waals surface area contributed by atoms with E-state index in [9.17, 15) is 8.78 Å². The van der Waals surface area contributed by atoms with Gasteiger partial charge in [0.1, 0.15) is 11.6 Å². The Bertz CT molecular complexity index is 604. The third kappa shape index (κ3) is 3.73. The number of nitrogens with two attached hydrogens (primary N) is 1. The lowest BCUT2D eigenvalue weighted by atomic mass is 9.99. The summed E-state index contributed by atoms with van der Waals surface area (Å²) in [7, 11) is 0. The van der Waals surface area contributed by atoms with E-state index in [2.05, 4.69) is 15.9 Å². The first kappa shape index (κ1) is 14.9. The summed E-state index contributed by atoms with van der Waals surface area (Å²) in [6.45, 7) is 0. The van der Waals surface area contributed by atoms with Crippen molar-refractivity contribution in [1.29, 1.82) is 0 Å². The van der Waals surface area contributed by atoms with Gasteiger partial charge in [-0.1, -0.05) is 22.0 Å². The normalized spacial score (nSPS) is 12.5. The molecule has 0 aliphatic heterocycles. The lowest BCUT2D eigenvalue weighted by Gasteiger charge is -2.15. The number of hydrogen-bond acceptors (Lipinski definition) is 1. The first-order valence-corrected chi connectivity index (χ1v) is 7.49. The number of halogens is 4. The Hall–Kier alpha value is -0.530. The van der Waals surface area contributed by atoms with Crippen molar-refractivity contribution in [3.05, 3.63) is 67.2 Å². The van der Waals surface area contributed by atoms with Gasteiger partial charge in [0.2, 0.25) is 0 Å². The van der Waals surface area contributed by atoms with E-state index in [0.29, 0.717) is 12.0 Å². The molecule has 2 aromatic carbocycles. The molecule has 1 nitrogen and oxygen atoms in total. The lowest BCUT2D eigenvalue weighted by Crippen LogP contribution is -2.15. The Morgan fingerprint density at radius 3 is 2.58 bits per heavy atom. The number of rotatable bonds is 3. The average Bonchev–Trinajstić information content (AvgIpc) is 2.33. The highest BCUT2D eigenvalue weighted by Crippen LogP contribution is 2.25. The van der Waals surface area contributed by atoms with Crippen LogP contribution in [0.3, 0.4) is 0 Å². The van der Waals surface area contributed by atoms with E-state index in [1.165, 1.54) is 18.2 Å². The minimum atomic E-state index is -0.365. The molecular weight excluding hydrogens is 427 g/mol. The van der Waals surface area contributed by atoms with E-state index in [4.69, 9.17) is 5.73 Å². The predicted molar refractivity (Wildman–Crippen MR) is 83.8 cm³/mol. The molecular formula is C14H11BrF2IN. The van der Waals surface area contributed by atoms with Gasteiger partial charge in [0.25, 0.3) is 0 Å². The Morgan fingerprint density at radius 2 is 1.89 bits per heavy atom. The first-order chi connectivity index (χ1) is 8.97. The number of hydrogen-bond donors (Lipinski definition) is 1. The highest BCUT2D eigenvalue weighted by Gasteiger charge is 2.14. The molecule has 1 atom stereocenters. The maximum Gasteiger partial charge on any atom is 0.126 e. The molecule has 0 amide bonds. The third-order valence-electron chi connectivity index (χ3n) is 2.81. The fourth-order valence-electron chi connectivity index (χ4n) is 1.85. The van der Waals surface area contributed by atoms with Crippen molar-refractivity contribution >= 4 is 38.5 Å². The van der Waals surface area contributed by atoms with Crippen LogP contribution < -0.4 is 5.73 Å². The zero-order valence-electron chi connectivity index (χ0n) is 9.84. The van der Waals surface area contributed by atoms with Crippen molar-refractivity contribution in [2.75, 3.05) is 0 Å². The molecule has 0 saturated carbocycles. The van der Waals surface area contributed by atoms with Crippen LogP contribution in [0, 0.1) is 15.2 Å². The second-order valence-corrected chi connectivity index (χ2v) is 6.29. The van der Waals surface area contributed by atoms with Gasteiger partial charge in [0, 0.05) is 14.1 Å². The van der Waals surface area contributed by atoms with Gasteiger partial charge in [0.05, 0.1) is 0 Å². The molecule has 100 valence electrons. The van der Waals surface area contributed by atoms with Crippen LogP contribution in [0.5, 0.6) is 0 Å². The van der Waals surface area contributed by atoms with E-state index in [-0.39, 0.29) is 17.7 Å². The summed E-state index contributed by atoms with van der Waals surface area (Å²) in [5.41, 5.74) is 7.45. The van der Waals surface area contributed by atoms with Crippen LogP contribution in [0.25, 0.3) is 0 Å². The Kier molecular flexibility index (Phi) is 4.92. The summed E-state index contributed by atoms with van der Waals surface area (Å²) in [6, 6.07) is 8.84. The van der Waals surface area contributed by atoms with Gasteiger partial charge < -0.3 is 5.73 Å². The van der Waals surface area contributed by atoms with E-state index >= 15 is 0 Å². The second-order valence-electron chi connectivity index (χ2n) is 4.21. The molecule has 0 fully saturated rings. The van der Waals surface area contributed by atoms with Crippen molar-refractivity contribution in [3.8, 4) is 0 Å². The van der Waals surface area contributed by atoms with Gasteiger partial charge in [-0.15, -0.1) is 0 Å². The molecule has 0 aliphatic rings. The zero-order chi connectivity index (χ0) is 14.0. The summed E-state index contributed by atoms with van der Waals surface area (Å²) in [5.74, 6) is -0.579. The molecule has 0 spiro atoms. The smallest absolute Gasteiger partial charge is 0.126 e. The standard InChI is InChI=1S/C14H11BrF2IN/c15-9-1-4-12(17)8(5-9)6-14(19)11-3-2-10(16)7-13(11)18/h1-5,7,14H,6,19H2. The molecule has 5 heteroatoms. The molecule has 0 aromatic heterocycles. The van der Waals surface area contributed by atoms with Gasteiger partial charge in [-0.05, 0) is 70.5 Å². The van der Waals surface area contributed by atoms with E-state index in [1.807, 2.05) is 22.6 Å². The Balaban J connectivity index is 2.25. The van der Waals surface area contributed by atoms with E-state index < -0.39 is 0 Å². The summed E-state index contributed by atoms with van der Waals surface area (Å²) in [5, 5.41) is 0. The second kappa shape index (κ2) is 6.28.